The summed E-state index contributed by atoms with van der Waals surface area (Å²) in [6, 6.07) is 5.52. The first kappa shape index (κ1) is 10.5. The van der Waals surface area contributed by atoms with E-state index in [-0.39, 0.29) is 5.75 Å². The van der Waals surface area contributed by atoms with E-state index in [0.717, 1.165) is 5.56 Å². The predicted octanol–water partition coefficient (Wildman–Crippen LogP) is 2.17. The van der Waals surface area contributed by atoms with Crippen LogP contribution in [-0.2, 0) is 0 Å². The first-order chi connectivity index (χ1) is 7.58. The molecular formula is C12H13N3O. The van der Waals surface area contributed by atoms with Crippen LogP contribution >= 0.6 is 0 Å². The molecule has 0 aliphatic carbocycles. The van der Waals surface area contributed by atoms with Crippen molar-refractivity contribution in [1.29, 1.82) is 0 Å². The van der Waals surface area contributed by atoms with Gasteiger partial charge in [0.05, 0.1) is 5.56 Å². The van der Waals surface area contributed by atoms with Gasteiger partial charge in [-0.15, -0.1) is 0 Å². The lowest BCUT2D eigenvalue weighted by molar-refractivity contribution is 0.472. The van der Waals surface area contributed by atoms with Crippen LogP contribution in [-0.4, -0.2) is 20.1 Å². The minimum atomic E-state index is 0.229. The Balaban J connectivity index is 2.63. The third-order valence-electron chi connectivity index (χ3n) is 2.34. The van der Waals surface area contributed by atoms with Crippen LogP contribution in [0.2, 0.25) is 0 Å². The Hall–Kier alpha value is -1.97. The standard InChI is InChI=1S/C12H13N3O/c1-7-5-4-6-10(11(7)16)12-14-8(2)13-9(3)15-12/h4-6,16H,1-3H3. The number of hydrogen-bond acceptors (Lipinski definition) is 4. The van der Waals surface area contributed by atoms with Crippen molar-refractivity contribution in [1.82, 2.24) is 15.0 Å². The van der Waals surface area contributed by atoms with Crippen LogP contribution in [0, 0.1) is 20.8 Å². The van der Waals surface area contributed by atoms with E-state index >= 15 is 0 Å². The van der Waals surface area contributed by atoms with Gasteiger partial charge in [-0.2, -0.15) is 0 Å². The molecule has 0 aliphatic heterocycles. The molecule has 4 heteroatoms. The molecule has 0 saturated carbocycles. The highest BCUT2D eigenvalue weighted by atomic mass is 16.3. The lowest BCUT2D eigenvalue weighted by atomic mass is 10.1. The molecule has 16 heavy (non-hydrogen) atoms. The number of hydrogen-bond donors (Lipinski definition) is 1. The average molecular weight is 215 g/mol. The maximum atomic E-state index is 9.93. The quantitative estimate of drug-likeness (QED) is 0.792. The molecule has 2 aromatic rings. The molecule has 0 saturated heterocycles. The molecule has 1 heterocycles. The number of aryl methyl sites for hydroxylation is 3. The largest absolute Gasteiger partial charge is 0.507 e. The van der Waals surface area contributed by atoms with Crippen LogP contribution in [0.15, 0.2) is 18.2 Å². The zero-order valence-electron chi connectivity index (χ0n) is 9.52. The lowest BCUT2D eigenvalue weighted by Gasteiger charge is -2.06. The van der Waals surface area contributed by atoms with Crippen molar-refractivity contribution in [2.75, 3.05) is 0 Å². The van der Waals surface area contributed by atoms with E-state index in [1.807, 2.05) is 32.9 Å². The van der Waals surface area contributed by atoms with Gasteiger partial charge in [-0.25, -0.2) is 15.0 Å². The highest BCUT2D eigenvalue weighted by Crippen LogP contribution is 2.29. The minimum absolute atomic E-state index is 0.229. The molecule has 4 nitrogen and oxygen atoms in total. The van der Waals surface area contributed by atoms with E-state index in [4.69, 9.17) is 0 Å². The van der Waals surface area contributed by atoms with E-state index in [1.165, 1.54) is 0 Å². The molecule has 1 aromatic heterocycles. The van der Waals surface area contributed by atoms with Crippen LogP contribution in [0.5, 0.6) is 5.75 Å². The zero-order chi connectivity index (χ0) is 11.7. The van der Waals surface area contributed by atoms with Crippen molar-refractivity contribution in [2.24, 2.45) is 0 Å². The van der Waals surface area contributed by atoms with Crippen LogP contribution < -0.4 is 0 Å². The van der Waals surface area contributed by atoms with Crippen molar-refractivity contribution in [3.63, 3.8) is 0 Å². The van der Waals surface area contributed by atoms with Gasteiger partial charge in [0.1, 0.15) is 17.4 Å². The Morgan fingerprint density at radius 1 is 0.938 bits per heavy atom. The molecule has 2 rings (SSSR count). The Morgan fingerprint density at radius 3 is 2.19 bits per heavy atom. The Bertz CT molecular complexity index is 518. The second-order valence-electron chi connectivity index (χ2n) is 3.72. The molecule has 0 aliphatic rings. The second kappa shape index (κ2) is 3.89. The Labute approximate surface area is 94.0 Å². The smallest absolute Gasteiger partial charge is 0.167 e. The summed E-state index contributed by atoms with van der Waals surface area (Å²) >= 11 is 0. The number of aromatic hydroxyl groups is 1. The fraction of sp³-hybridized carbons (Fsp3) is 0.250. The first-order valence-electron chi connectivity index (χ1n) is 5.06. The number of para-hydroxylation sites is 1. The predicted molar refractivity (Wildman–Crippen MR) is 61.1 cm³/mol. The van der Waals surface area contributed by atoms with Gasteiger partial charge in [0.15, 0.2) is 5.82 Å². The number of nitrogens with zero attached hydrogens (tertiary/aromatic N) is 3. The first-order valence-corrected chi connectivity index (χ1v) is 5.06. The van der Waals surface area contributed by atoms with Gasteiger partial charge < -0.3 is 5.11 Å². The SMILES string of the molecule is Cc1nc(C)nc(-c2cccc(C)c2O)n1. The summed E-state index contributed by atoms with van der Waals surface area (Å²) in [6.45, 7) is 5.47. The average Bonchev–Trinajstić information content (AvgIpc) is 2.20. The minimum Gasteiger partial charge on any atom is -0.507 e. The molecule has 0 atom stereocenters. The summed E-state index contributed by atoms with van der Waals surface area (Å²) in [5, 5.41) is 9.93. The van der Waals surface area contributed by atoms with E-state index in [9.17, 15) is 5.11 Å². The number of phenolic OH excluding ortho intramolecular Hbond substituents is 1. The summed E-state index contributed by atoms with van der Waals surface area (Å²) in [7, 11) is 0. The molecule has 82 valence electrons. The van der Waals surface area contributed by atoms with Crippen molar-refractivity contribution >= 4 is 0 Å². The third kappa shape index (κ3) is 1.86. The zero-order valence-corrected chi connectivity index (χ0v) is 9.52. The molecular weight excluding hydrogens is 202 g/mol. The van der Waals surface area contributed by atoms with Crippen molar-refractivity contribution in [2.45, 2.75) is 20.8 Å². The number of rotatable bonds is 1. The summed E-state index contributed by atoms with van der Waals surface area (Å²) in [6.07, 6.45) is 0. The second-order valence-corrected chi connectivity index (χ2v) is 3.72. The normalized spacial score (nSPS) is 10.4. The molecule has 0 spiro atoms. The van der Waals surface area contributed by atoms with Gasteiger partial charge in [-0.05, 0) is 32.4 Å². The molecule has 0 radical (unpaired) electrons. The van der Waals surface area contributed by atoms with Gasteiger partial charge in [0.25, 0.3) is 0 Å². The maximum Gasteiger partial charge on any atom is 0.167 e. The van der Waals surface area contributed by atoms with E-state index < -0.39 is 0 Å². The van der Waals surface area contributed by atoms with Crippen molar-refractivity contribution in [3.05, 3.63) is 35.4 Å². The van der Waals surface area contributed by atoms with Gasteiger partial charge in [-0.1, -0.05) is 12.1 Å². The van der Waals surface area contributed by atoms with Crippen LogP contribution in [0.25, 0.3) is 11.4 Å². The van der Waals surface area contributed by atoms with E-state index in [0.29, 0.717) is 23.0 Å². The fourth-order valence-corrected chi connectivity index (χ4v) is 1.58. The molecule has 1 N–H and O–H groups in total. The molecule has 0 fully saturated rings. The third-order valence-corrected chi connectivity index (χ3v) is 2.34. The molecule has 0 amide bonds. The molecule has 0 unspecified atom stereocenters. The Morgan fingerprint density at radius 2 is 1.56 bits per heavy atom. The number of phenols is 1. The van der Waals surface area contributed by atoms with E-state index in [1.54, 1.807) is 6.07 Å². The van der Waals surface area contributed by atoms with Gasteiger partial charge in [0.2, 0.25) is 0 Å². The molecule has 0 bridgehead atoms. The number of benzene rings is 1. The van der Waals surface area contributed by atoms with Crippen molar-refractivity contribution < 1.29 is 5.11 Å². The van der Waals surface area contributed by atoms with Crippen molar-refractivity contribution in [3.8, 4) is 17.1 Å². The highest BCUT2D eigenvalue weighted by Gasteiger charge is 2.10. The van der Waals surface area contributed by atoms with Crippen LogP contribution in [0.4, 0.5) is 0 Å². The van der Waals surface area contributed by atoms with Gasteiger partial charge in [0, 0.05) is 0 Å². The topological polar surface area (TPSA) is 58.9 Å². The summed E-state index contributed by atoms with van der Waals surface area (Å²) < 4.78 is 0. The lowest BCUT2D eigenvalue weighted by Crippen LogP contribution is -1.99. The van der Waals surface area contributed by atoms with Gasteiger partial charge >= 0.3 is 0 Å². The summed E-state index contributed by atoms with van der Waals surface area (Å²) in [5.74, 6) is 2.06. The van der Waals surface area contributed by atoms with Crippen LogP contribution in [0.3, 0.4) is 0 Å². The molecule has 1 aromatic carbocycles. The summed E-state index contributed by atoms with van der Waals surface area (Å²) in [4.78, 5) is 12.6. The summed E-state index contributed by atoms with van der Waals surface area (Å²) in [5.41, 5.74) is 1.46. The Kier molecular flexibility index (Phi) is 2.56. The van der Waals surface area contributed by atoms with Gasteiger partial charge in [-0.3, -0.25) is 0 Å². The fourth-order valence-electron chi connectivity index (χ4n) is 1.58. The van der Waals surface area contributed by atoms with E-state index in [2.05, 4.69) is 15.0 Å². The maximum absolute atomic E-state index is 9.93. The van der Waals surface area contributed by atoms with Crippen LogP contribution in [0.1, 0.15) is 17.2 Å². The highest BCUT2D eigenvalue weighted by molar-refractivity contribution is 5.65. The monoisotopic (exact) mass is 215 g/mol. The number of aromatic nitrogens is 3.